The van der Waals surface area contributed by atoms with Crippen LogP contribution < -0.4 is 10.2 Å². The van der Waals surface area contributed by atoms with Crippen LogP contribution in [-0.2, 0) is 9.59 Å². The summed E-state index contributed by atoms with van der Waals surface area (Å²) in [6, 6.07) is 5.72. The minimum atomic E-state index is -0.454. The molecule has 0 bridgehead atoms. The summed E-state index contributed by atoms with van der Waals surface area (Å²) >= 11 is 1.43. The zero-order chi connectivity index (χ0) is 18.8. The van der Waals surface area contributed by atoms with Crippen molar-refractivity contribution in [3.8, 4) is 0 Å². The van der Waals surface area contributed by atoms with Crippen molar-refractivity contribution in [2.24, 2.45) is 5.92 Å². The third-order valence-electron chi connectivity index (χ3n) is 5.26. The summed E-state index contributed by atoms with van der Waals surface area (Å²) in [6.45, 7) is 0.282. The summed E-state index contributed by atoms with van der Waals surface area (Å²) in [5.74, 6) is -0.723. The molecule has 2 aromatic rings. The Hall–Kier alpha value is -2.35. The molecule has 0 spiro atoms. The Kier molecular flexibility index (Phi) is 5.15. The second kappa shape index (κ2) is 7.72. The van der Waals surface area contributed by atoms with Crippen LogP contribution in [0.2, 0.25) is 0 Å². The standard InChI is InChI=1S/C19H21FN4O2S/c20-14-6-8-15(9-7-14)24-11-13(10-16(24)25)17(26)21-19-23-22-18(27-19)12-4-2-1-3-5-12/h6-9,12-13H,1-5,10-11H2,(H,21,23,26)/t13-/m1/s1. The topological polar surface area (TPSA) is 75.2 Å². The van der Waals surface area contributed by atoms with Crippen LogP contribution in [0.4, 0.5) is 15.2 Å². The van der Waals surface area contributed by atoms with Gasteiger partial charge in [-0.05, 0) is 37.1 Å². The van der Waals surface area contributed by atoms with Gasteiger partial charge in [-0.1, -0.05) is 30.6 Å². The van der Waals surface area contributed by atoms with Gasteiger partial charge in [-0.3, -0.25) is 9.59 Å². The van der Waals surface area contributed by atoms with Crippen molar-refractivity contribution in [2.45, 2.75) is 44.4 Å². The van der Waals surface area contributed by atoms with Crippen LogP contribution >= 0.6 is 11.3 Å². The normalized spacial score (nSPS) is 20.9. The zero-order valence-corrected chi connectivity index (χ0v) is 15.7. The molecule has 4 rings (SSSR count). The molecule has 1 saturated carbocycles. The van der Waals surface area contributed by atoms with E-state index in [-0.39, 0.29) is 30.6 Å². The van der Waals surface area contributed by atoms with Crippen molar-refractivity contribution in [3.63, 3.8) is 0 Å². The van der Waals surface area contributed by atoms with E-state index < -0.39 is 5.92 Å². The van der Waals surface area contributed by atoms with E-state index in [9.17, 15) is 14.0 Å². The van der Waals surface area contributed by atoms with Crippen molar-refractivity contribution in [1.82, 2.24) is 10.2 Å². The minimum Gasteiger partial charge on any atom is -0.312 e. The van der Waals surface area contributed by atoms with E-state index >= 15 is 0 Å². The average Bonchev–Trinajstić information content (AvgIpc) is 3.30. The van der Waals surface area contributed by atoms with Gasteiger partial charge < -0.3 is 10.2 Å². The molecule has 1 aliphatic heterocycles. The Bertz CT molecular complexity index is 832. The molecule has 8 heteroatoms. The Morgan fingerprint density at radius 3 is 2.63 bits per heavy atom. The summed E-state index contributed by atoms with van der Waals surface area (Å²) in [4.78, 5) is 26.4. The van der Waals surface area contributed by atoms with Gasteiger partial charge in [0.05, 0.1) is 5.92 Å². The van der Waals surface area contributed by atoms with Crippen LogP contribution in [0.25, 0.3) is 0 Å². The fraction of sp³-hybridized carbons (Fsp3) is 0.474. The van der Waals surface area contributed by atoms with Crippen molar-refractivity contribution in [2.75, 3.05) is 16.8 Å². The molecule has 2 amide bonds. The van der Waals surface area contributed by atoms with Crippen molar-refractivity contribution in [1.29, 1.82) is 0 Å². The number of rotatable bonds is 4. The quantitative estimate of drug-likeness (QED) is 0.866. The van der Waals surface area contributed by atoms with E-state index in [1.807, 2.05) is 0 Å². The molecule has 1 aromatic carbocycles. The lowest BCUT2D eigenvalue weighted by atomic mass is 9.90. The maximum atomic E-state index is 13.1. The highest BCUT2D eigenvalue weighted by atomic mass is 32.1. The Morgan fingerprint density at radius 1 is 1.15 bits per heavy atom. The van der Waals surface area contributed by atoms with Crippen molar-refractivity contribution in [3.05, 3.63) is 35.1 Å². The molecule has 1 aromatic heterocycles. The Labute approximate surface area is 160 Å². The molecule has 1 aliphatic carbocycles. The van der Waals surface area contributed by atoms with E-state index in [2.05, 4.69) is 15.5 Å². The summed E-state index contributed by atoms with van der Waals surface area (Å²) in [5.41, 5.74) is 0.604. The molecular weight excluding hydrogens is 367 g/mol. The number of benzene rings is 1. The van der Waals surface area contributed by atoms with Gasteiger partial charge in [-0.25, -0.2) is 4.39 Å². The third kappa shape index (κ3) is 4.00. The molecule has 142 valence electrons. The van der Waals surface area contributed by atoms with E-state index in [1.54, 1.807) is 12.1 Å². The molecule has 2 fully saturated rings. The number of amides is 2. The fourth-order valence-electron chi connectivity index (χ4n) is 3.76. The van der Waals surface area contributed by atoms with Gasteiger partial charge >= 0.3 is 0 Å². The van der Waals surface area contributed by atoms with Crippen LogP contribution in [0, 0.1) is 11.7 Å². The molecule has 1 saturated heterocycles. The van der Waals surface area contributed by atoms with Gasteiger partial charge in [0.15, 0.2) is 0 Å². The smallest absolute Gasteiger partial charge is 0.231 e. The lowest BCUT2D eigenvalue weighted by molar-refractivity contribution is -0.122. The molecule has 6 nitrogen and oxygen atoms in total. The van der Waals surface area contributed by atoms with Crippen LogP contribution in [-0.4, -0.2) is 28.6 Å². The summed E-state index contributed by atoms with van der Waals surface area (Å²) in [7, 11) is 0. The van der Waals surface area contributed by atoms with Gasteiger partial charge in [0.2, 0.25) is 16.9 Å². The van der Waals surface area contributed by atoms with Gasteiger partial charge in [-0.2, -0.15) is 0 Å². The molecule has 2 heterocycles. The maximum Gasteiger partial charge on any atom is 0.231 e. The van der Waals surface area contributed by atoms with Crippen LogP contribution in [0.3, 0.4) is 0 Å². The molecule has 0 radical (unpaired) electrons. The predicted octanol–water partition coefficient (Wildman–Crippen LogP) is 3.72. The highest BCUT2D eigenvalue weighted by Crippen LogP contribution is 2.35. The molecule has 1 atom stereocenters. The number of aromatic nitrogens is 2. The second-order valence-corrected chi connectivity index (χ2v) is 8.16. The highest BCUT2D eigenvalue weighted by Gasteiger charge is 2.35. The van der Waals surface area contributed by atoms with E-state index in [0.29, 0.717) is 16.7 Å². The highest BCUT2D eigenvalue weighted by molar-refractivity contribution is 7.15. The van der Waals surface area contributed by atoms with E-state index in [4.69, 9.17) is 0 Å². The van der Waals surface area contributed by atoms with Gasteiger partial charge in [0, 0.05) is 24.6 Å². The minimum absolute atomic E-state index is 0.136. The second-order valence-electron chi connectivity index (χ2n) is 7.15. The first kappa shape index (κ1) is 18.0. The Morgan fingerprint density at radius 2 is 1.89 bits per heavy atom. The van der Waals surface area contributed by atoms with Crippen LogP contribution in [0.1, 0.15) is 49.5 Å². The number of halogens is 1. The number of carbonyl (C=O) groups excluding carboxylic acids is 2. The molecule has 27 heavy (non-hydrogen) atoms. The summed E-state index contributed by atoms with van der Waals surface area (Å²) < 4.78 is 13.1. The fourth-order valence-corrected chi connectivity index (χ4v) is 4.68. The van der Waals surface area contributed by atoms with Crippen molar-refractivity contribution < 1.29 is 14.0 Å². The summed E-state index contributed by atoms with van der Waals surface area (Å²) in [5, 5.41) is 12.6. The molecule has 0 unspecified atom stereocenters. The SMILES string of the molecule is O=C(Nc1nnc(C2CCCCC2)s1)[C@@H]1CC(=O)N(c2ccc(F)cc2)C1. The van der Waals surface area contributed by atoms with Crippen LogP contribution in [0.5, 0.6) is 0 Å². The van der Waals surface area contributed by atoms with Crippen LogP contribution in [0.15, 0.2) is 24.3 Å². The molecular formula is C19H21FN4O2S. The molecule has 2 aliphatic rings. The number of nitrogens with one attached hydrogen (secondary N) is 1. The predicted molar refractivity (Wildman–Crippen MR) is 101 cm³/mol. The maximum absolute atomic E-state index is 13.1. The van der Waals surface area contributed by atoms with Crippen molar-refractivity contribution >= 4 is 34.0 Å². The van der Waals surface area contributed by atoms with Gasteiger partial charge in [0.25, 0.3) is 0 Å². The Balaban J connectivity index is 1.38. The first-order valence-electron chi connectivity index (χ1n) is 9.30. The summed E-state index contributed by atoms with van der Waals surface area (Å²) in [6.07, 6.45) is 6.11. The lowest BCUT2D eigenvalue weighted by Crippen LogP contribution is -2.28. The molecule has 1 N–H and O–H groups in total. The third-order valence-corrected chi connectivity index (χ3v) is 6.26. The van der Waals surface area contributed by atoms with Gasteiger partial charge in [0.1, 0.15) is 10.8 Å². The largest absolute Gasteiger partial charge is 0.312 e. The average molecular weight is 388 g/mol. The van der Waals surface area contributed by atoms with E-state index in [0.717, 1.165) is 17.8 Å². The number of carbonyl (C=O) groups is 2. The number of hydrogen-bond acceptors (Lipinski definition) is 5. The monoisotopic (exact) mass is 388 g/mol. The van der Waals surface area contributed by atoms with Gasteiger partial charge in [-0.15, -0.1) is 10.2 Å². The zero-order valence-electron chi connectivity index (χ0n) is 14.9. The number of nitrogens with zero attached hydrogens (tertiary/aromatic N) is 3. The first-order chi connectivity index (χ1) is 13.1. The van der Waals surface area contributed by atoms with E-state index in [1.165, 1.54) is 47.6 Å². The number of anilines is 2. The lowest BCUT2D eigenvalue weighted by Gasteiger charge is -2.18. The number of hydrogen-bond donors (Lipinski definition) is 1. The first-order valence-corrected chi connectivity index (χ1v) is 10.1.